The maximum absolute atomic E-state index is 6.68. The highest BCUT2D eigenvalue weighted by molar-refractivity contribution is 6.74. The number of hydrogen-bond acceptors (Lipinski definition) is 2. The van der Waals surface area contributed by atoms with Crippen LogP contribution in [0.4, 0.5) is 0 Å². The first kappa shape index (κ1) is 21.3. The molecule has 2 atom stereocenters. The summed E-state index contributed by atoms with van der Waals surface area (Å²) in [4.78, 5) is 2.62. The standard InChI is InChI=1S/C25H37NOSi/c1-20-12-10-11-15-23(20)24-18-26(16-21-13-8-7-9-14-21)17-22(24)19-27-28(5,6)25(2,3)4/h7-15,22,24H,16-19H2,1-6H3/t22-,24+/m1/s1. The van der Waals surface area contributed by atoms with E-state index in [0.29, 0.717) is 11.8 Å². The first-order valence-corrected chi connectivity index (χ1v) is 13.5. The summed E-state index contributed by atoms with van der Waals surface area (Å²) in [6.07, 6.45) is 0. The van der Waals surface area contributed by atoms with Crippen LogP contribution in [-0.2, 0) is 11.0 Å². The summed E-state index contributed by atoms with van der Waals surface area (Å²) in [5.41, 5.74) is 4.31. The third-order valence-electron chi connectivity index (χ3n) is 6.82. The maximum atomic E-state index is 6.68. The van der Waals surface area contributed by atoms with E-state index in [9.17, 15) is 0 Å². The molecule has 0 spiro atoms. The Balaban J connectivity index is 1.77. The number of benzene rings is 2. The summed E-state index contributed by atoms with van der Waals surface area (Å²) >= 11 is 0. The van der Waals surface area contributed by atoms with Gasteiger partial charge in [-0.3, -0.25) is 4.90 Å². The fourth-order valence-corrected chi connectivity index (χ4v) is 5.05. The van der Waals surface area contributed by atoms with Gasteiger partial charge in [-0.15, -0.1) is 0 Å². The molecule has 0 N–H and O–H groups in total. The lowest BCUT2D eigenvalue weighted by molar-refractivity contribution is 0.215. The number of nitrogens with zero attached hydrogens (tertiary/aromatic N) is 1. The second-order valence-electron chi connectivity index (χ2n) is 9.97. The van der Waals surface area contributed by atoms with Crippen molar-refractivity contribution in [2.75, 3.05) is 19.7 Å². The normalized spacial score (nSPS) is 21.2. The van der Waals surface area contributed by atoms with Crippen LogP contribution in [0.2, 0.25) is 18.1 Å². The van der Waals surface area contributed by atoms with Gasteiger partial charge in [-0.2, -0.15) is 0 Å². The number of aryl methyl sites for hydroxylation is 1. The Labute approximate surface area is 173 Å². The largest absolute Gasteiger partial charge is 0.416 e. The number of rotatable bonds is 6. The Hall–Kier alpha value is -1.42. The first-order chi connectivity index (χ1) is 13.2. The lowest BCUT2D eigenvalue weighted by Gasteiger charge is -2.37. The van der Waals surface area contributed by atoms with Crippen LogP contribution in [0.3, 0.4) is 0 Å². The summed E-state index contributed by atoms with van der Waals surface area (Å²) in [5, 5.41) is 0.257. The Morgan fingerprint density at radius 1 is 0.964 bits per heavy atom. The van der Waals surface area contributed by atoms with E-state index < -0.39 is 8.32 Å². The Morgan fingerprint density at radius 2 is 1.61 bits per heavy atom. The predicted octanol–water partition coefficient (Wildman–Crippen LogP) is 6.23. The summed E-state index contributed by atoms with van der Waals surface area (Å²) in [6.45, 7) is 18.1. The van der Waals surface area contributed by atoms with Crippen molar-refractivity contribution in [3.8, 4) is 0 Å². The number of hydrogen-bond donors (Lipinski definition) is 0. The van der Waals surface area contributed by atoms with E-state index in [4.69, 9.17) is 4.43 Å². The third kappa shape index (κ3) is 4.94. The molecule has 2 aromatic carbocycles. The highest BCUT2D eigenvalue weighted by atomic mass is 28.4. The predicted molar refractivity (Wildman–Crippen MR) is 122 cm³/mol. The van der Waals surface area contributed by atoms with Gasteiger partial charge in [0.05, 0.1) is 0 Å². The van der Waals surface area contributed by atoms with Crippen molar-refractivity contribution < 1.29 is 4.43 Å². The molecule has 0 aromatic heterocycles. The molecule has 2 aromatic rings. The molecule has 1 saturated heterocycles. The van der Waals surface area contributed by atoms with Gasteiger partial charge < -0.3 is 4.43 Å². The average molecular weight is 396 g/mol. The van der Waals surface area contributed by atoms with Crippen molar-refractivity contribution in [1.29, 1.82) is 0 Å². The average Bonchev–Trinajstić information content (AvgIpc) is 3.03. The Kier molecular flexibility index (Phi) is 6.48. The van der Waals surface area contributed by atoms with Crippen LogP contribution in [0.5, 0.6) is 0 Å². The van der Waals surface area contributed by atoms with Crippen molar-refractivity contribution >= 4 is 8.32 Å². The molecule has 1 aliphatic heterocycles. The lowest BCUT2D eigenvalue weighted by Crippen LogP contribution is -2.42. The van der Waals surface area contributed by atoms with Gasteiger partial charge in [0, 0.05) is 38.1 Å². The van der Waals surface area contributed by atoms with E-state index in [0.717, 1.165) is 26.2 Å². The van der Waals surface area contributed by atoms with E-state index in [1.165, 1.54) is 16.7 Å². The molecule has 1 fully saturated rings. The monoisotopic (exact) mass is 395 g/mol. The van der Waals surface area contributed by atoms with Crippen molar-refractivity contribution in [1.82, 2.24) is 4.90 Å². The molecule has 0 radical (unpaired) electrons. The molecule has 0 bridgehead atoms. The van der Waals surface area contributed by atoms with Crippen LogP contribution in [0.1, 0.15) is 43.4 Å². The maximum Gasteiger partial charge on any atom is 0.191 e. The Bertz CT molecular complexity index is 766. The van der Waals surface area contributed by atoms with Crippen molar-refractivity contribution in [2.45, 2.75) is 58.3 Å². The zero-order chi connectivity index (χ0) is 20.4. The van der Waals surface area contributed by atoms with Crippen molar-refractivity contribution in [3.05, 3.63) is 71.3 Å². The fraction of sp³-hybridized carbons (Fsp3) is 0.520. The van der Waals surface area contributed by atoms with Crippen LogP contribution >= 0.6 is 0 Å². The van der Waals surface area contributed by atoms with Crippen LogP contribution in [0.15, 0.2) is 54.6 Å². The van der Waals surface area contributed by atoms with Gasteiger partial charge in [0.1, 0.15) is 0 Å². The topological polar surface area (TPSA) is 12.5 Å². The second kappa shape index (κ2) is 8.52. The molecule has 0 amide bonds. The minimum Gasteiger partial charge on any atom is -0.416 e. The van der Waals surface area contributed by atoms with Gasteiger partial charge in [-0.1, -0.05) is 75.4 Å². The molecule has 0 unspecified atom stereocenters. The van der Waals surface area contributed by atoms with Gasteiger partial charge >= 0.3 is 0 Å². The molecular weight excluding hydrogens is 358 g/mol. The van der Waals surface area contributed by atoms with Gasteiger partial charge in [0.2, 0.25) is 0 Å². The summed E-state index contributed by atoms with van der Waals surface area (Å²) in [5.74, 6) is 1.11. The molecule has 3 rings (SSSR count). The zero-order valence-corrected chi connectivity index (χ0v) is 19.5. The fourth-order valence-electron chi connectivity index (χ4n) is 3.99. The van der Waals surface area contributed by atoms with Crippen LogP contribution in [-0.4, -0.2) is 32.9 Å². The van der Waals surface area contributed by atoms with Gasteiger partial charge in [0.25, 0.3) is 0 Å². The molecule has 0 aliphatic carbocycles. The summed E-state index contributed by atoms with van der Waals surface area (Å²) in [6, 6.07) is 19.8. The highest BCUT2D eigenvalue weighted by Gasteiger charge is 2.40. The Morgan fingerprint density at radius 3 is 2.25 bits per heavy atom. The molecule has 28 heavy (non-hydrogen) atoms. The summed E-state index contributed by atoms with van der Waals surface area (Å²) in [7, 11) is -1.73. The van der Waals surface area contributed by atoms with E-state index >= 15 is 0 Å². The van der Waals surface area contributed by atoms with E-state index in [2.05, 4.69) is 100 Å². The van der Waals surface area contributed by atoms with Gasteiger partial charge in [-0.05, 0) is 41.7 Å². The van der Waals surface area contributed by atoms with Crippen LogP contribution in [0.25, 0.3) is 0 Å². The molecular formula is C25H37NOSi. The van der Waals surface area contributed by atoms with Crippen molar-refractivity contribution in [3.63, 3.8) is 0 Å². The smallest absolute Gasteiger partial charge is 0.191 e. The second-order valence-corrected chi connectivity index (χ2v) is 14.8. The third-order valence-corrected chi connectivity index (χ3v) is 11.3. The van der Waals surface area contributed by atoms with Gasteiger partial charge in [-0.25, -0.2) is 0 Å². The van der Waals surface area contributed by atoms with Crippen LogP contribution in [0, 0.1) is 12.8 Å². The minimum absolute atomic E-state index is 0.257. The van der Waals surface area contributed by atoms with E-state index in [-0.39, 0.29) is 5.04 Å². The first-order valence-electron chi connectivity index (χ1n) is 10.6. The quantitative estimate of drug-likeness (QED) is 0.537. The molecule has 1 aliphatic rings. The minimum atomic E-state index is -1.73. The number of likely N-dealkylation sites (tertiary alicyclic amines) is 1. The molecule has 152 valence electrons. The van der Waals surface area contributed by atoms with Crippen molar-refractivity contribution in [2.24, 2.45) is 5.92 Å². The lowest BCUT2D eigenvalue weighted by atomic mass is 9.87. The van der Waals surface area contributed by atoms with Gasteiger partial charge in [0.15, 0.2) is 8.32 Å². The zero-order valence-electron chi connectivity index (χ0n) is 18.5. The SMILES string of the molecule is Cc1ccccc1[C@H]1CN(Cc2ccccc2)C[C@@H]1CO[Si](C)(C)C(C)(C)C. The highest BCUT2D eigenvalue weighted by Crippen LogP contribution is 2.40. The van der Waals surface area contributed by atoms with Crippen LogP contribution < -0.4 is 0 Å². The summed E-state index contributed by atoms with van der Waals surface area (Å²) < 4.78 is 6.68. The molecule has 0 saturated carbocycles. The molecule has 3 heteroatoms. The molecule has 1 heterocycles. The van der Waals surface area contributed by atoms with E-state index in [1.54, 1.807) is 0 Å². The molecule has 2 nitrogen and oxygen atoms in total. The van der Waals surface area contributed by atoms with E-state index in [1.807, 2.05) is 0 Å².